The molecule has 1 aliphatic heterocycles. The van der Waals surface area contributed by atoms with Gasteiger partial charge in [0, 0.05) is 25.4 Å². The van der Waals surface area contributed by atoms with Crippen molar-refractivity contribution in [2.24, 2.45) is 0 Å². The van der Waals surface area contributed by atoms with E-state index in [1.165, 1.54) is 4.90 Å². The number of likely N-dealkylation sites (tertiary alicyclic amines) is 1. The summed E-state index contributed by atoms with van der Waals surface area (Å²) in [6, 6.07) is 2.89. The van der Waals surface area contributed by atoms with Gasteiger partial charge in [-0.3, -0.25) is 9.78 Å². The molecule has 2 rings (SSSR count). The van der Waals surface area contributed by atoms with E-state index in [1.54, 1.807) is 24.5 Å². The molecule has 1 aliphatic rings. The second-order valence-corrected chi connectivity index (χ2v) is 4.12. The van der Waals surface area contributed by atoms with Crippen molar-refractivity contribution in [1.29, 1.82) is 0 Å². The van der Waals surface area contributed by atoms with Crippen molar-refractivity contribution in [3.63, 3.8) is 0 Å². The molecule has 0 aliphatic carbocycles. The van der Waals surface area contributed by atoms with E-state index >= 15 is 0 Å². The van der Waals surface area contributed by atoms with E-state index in [-0.39, 0.29) is 5.91 Å². The van der Waals surface area contributed by atoms with Crippen LogP contribution in [0.1, 0.15) is 24.8 Å². The summed E-state index contributed by atoms with van der Waals surface area (Å²) >= 11 is 0. The van der Waals surface area contributed by atoms with Crippen LogP contribution in [0.4, 0.5) is 0 Å². The van der Waals surface area contributed by atoms with E-state index < -0.39 is 12.0 Å². The zero-order valence-corrected chi connectivity index (χ0v) is 9.37. The maximum atomic E-state index is 11.8. The lowest BCUT2D eigenvalue weighted by Crippen LogP contribution is -2.47. The Morgan fingerprint density at radius 3 is 2.82 bits per heavy atom. The average molecular weight is 234 g/mol. The zero-order chi connectivity index (χ0) is 12.3. The predicted octanol–water partition coefficient (Wildman–Crippen LogP) is 1.05. The van der Waals surface area contributed by atoms with E-state index in [0.29, 0.717) is 25.8 Å². The number of rotatable bonds is 3. The number of pyridine rings is 1. The zero-order valence-electron chi connectivity index (χ0n) is 9.37. The molecule has 1 saturated heterocycles. The molecule has 0 bridgehead atoms. The highest BCUT2D eigenvalue weighted by Crippen LogP contribution is 2.20. The molecule has 5 nitrogen and oxygen atoms in total. The molecule has 1 amide bonds. The number of amides is 1. The highest BCUT2D eigenvalue weighted by Gasteiger charge is 2.32. The molecule has 17 heavy (non-hydrogen) atoms. The molecule has 0 radical (unpaired) electrons. The normalized spacial score (nSPS) is 20.4. The van der Waals surface area contributed by atoms with Crippen molar-refractivity contribution in [3.05, 3.63) is 30.1 Å². The Morgan fingerprint density at radius 1 is 1.47 bits per heavy atom. The first-order valence-corrected chi connectivity index (χ1v) is 5.59. The van der Waals surface area contributed by atoms with Gasteiger partial charge in [-0.1, -0.05) is 0 Å². The van der Waals surface area contributed by atoms with Crippen molar-refractivity contribution < 1.29 is 14.7 Å². The number of nitrogens with zero attached hydrogens (tertiary/aromatic N) is 2. The molecule has 1 aromatic rings. The van der Waals surface area contributed by atoms with Crippen molar-refractivity contribution in [3.8, 4) is 0 Å². The molecule has 0 unspecified atom stereocenters. The number of aliphatic carboxylic acids is 1. The lowest BCUT2D eigenvalue weighted by atomic mass is 10.0. The quantitative estimate of drug-likeness (QED) is 0.848. The summed E-state index contributed by atoms with van der Waals surface area (Å²) < 4.78 is 0. The van der Waals surface area contributed by atoms with Crippen LogP contribution >= 0.6 is 0 Å². The largest absolute Gasteiger partial charge is 0.480 e. The van der Waals surface area contributed by atoms with Gasteiger partial charge >= 0.3 is 5.97 Å². The molecule has 5 heteroatoms. The fourth-order valence-electron chi connectivity index (χ4n) is 2.06. The van der Waals surface area contributed by atoms with Crippen LogP contribution in [0.5, 0.6) is 0 Å². The third-order valence-corrected chi connectivity index (χ3v) is 2.95. The number of carbonyl (C=O) groups excluding carboxylic acids is 1. The molecule has 1 atom stereocenters. The number of piperidine rings is 1. The Kier molecular flexibility index (Phi) is 3.37. The summed E-state index contributed by atoms with van der Waals surface area (Å²) in [5.74, 6) is -1.01. The summed E-state index contributed by atoms with van der Waals surface area (Å²) in [5, 5.41) is 9.10. The van der Waals surface area contributed by atoms with Crippen LogP contribution in [0, 0.1) is 0 Å². The van der Waals surface area contributed by atoms with Gasteiger partial charge < -0.3 is 10.0 Å². The molecule has 1 fully saturated rings. The fraction of sp³-hybridized carbons (Fsp3) is 0.417. The molecule has 2 heterocycles. The van der Waals surface area contributed by atoms with Gasteiger partial charge in [0.05, 0.1) is 0 Å². The van der Waals surface area contributed by atoms with Gasteiger partial charge in [-0.05, 0) is 30.5 Å². The maximum absolute atomic E-state index is 11.8. The van der Waals surface area contributed by atoms with E-state index in [2.05, 4.69) is 4.98 Å². The number of aromatic nitrogens is 1. The number of carboxylic acid groups (broad SMARTS) is 1. The van der Waals surface area contributed by atoms with Crippen LogP contribution in [-0.4, -0.2) is 32.9 Å². The first-order valence-electron chi connectivity index (χ1n) is 5.59. The Morgan fingerprint density at radius 2 is 2.18 bits per heavy atom. The van der Waals surface area contributed by atoms with Crippen LogP contribution in [0.2, 0.25) is 0 Å². The third kappa shape index (κ3) is 2.61. The van der Waals surface area contributed by atoms with Crippen molar-refractivity contribution in [2.75, 3.05) is 0 Å². The Hall–Kier alpha value is -1.91. The fourth-order valence-corrected chi connectivity index (χ4v) is 2.06. The van der Waals surface area contributed by atoms with Crippen LogP contribution in [0.15, 0.2) is 24.5 Å². The van der Waals surface area contributed by atoms with Gasteiger partial charge in [0.2, 0.25) is 5.91 Å². The minimum absolute atomic E-state index is 0.0829. The van der Waals surface area contributed by atoms with Crippen molar-refractivity contribution in [1.82, 2.24) is 9.88 Å². The average Bonchev–Trinajstić information content (AvgIpc) is 2.33. The summed E-state index contributed by atoms with van der Waals surface area (Å²) in [6.45, 7) is 0.346. The van der Waals surface area contributed by atoms with Gasteiger partial charge in [-0.25, -0.2) is 4.79 Å². The van der Waals surface area contributed by atoms with Gasteiger partial charge in [0.1, 0.15) is 6.04 Å². The molecule has 90 valence electrons. The lowest BCUT2D eigenvalue weighted by Gasteiger charge is -2.32. The first-order chi connectivity index (χ1) is 8.18. The maximum Gasteiger partial charge on any atom is 0.326 e. The van der Waals surface area contributed by atoms with Crippen molar-refractivity contribution >= 4 is 11.9 Å². The Balaban J connectivity index is 2.15. The van der Waals surface area contributed by atoms with Gasteiger partial charge in [0.25, 0.3) is 0 Å². The highest BCUT2D eigenvalue weighted by atomic mass is 16.4. The summed E-state index contributed by atoms with van der Waals surface area (Å²) in [4.78, 5) is 28.2. The number of hydrogen-bond acceptors (Lipinski definition) is 3. The number of hydrogen-bond donors (Lipinski definition) is 1. The minimum Gasteiger partial charge on any atom is -0.480 e. The van der Waals surface area contributed by atoms with E-state index in [4.69, 9.17) is 5.11 Å². The minimum atomic E-state index is -0.924. The van der Waals surface area contributed by atoms with Gasteiger partial charge in [-0.15, -0.1) is 0 Å². The van der Waals surface area contributed by atoms with Crippen LogP contribution in [0.3, 0.4) is 0 Å². The molecule has 1 N–H and O–H groups in total. The van der Waals surface area contributed by atoms with Crippen molar-refractivity contribution in [2.45, 2.75) is 31.8 Å². The van der Waals surface area contributed by atoms with E-state index in [1.807, 2.05) is 0 Å². The molecular formula is C12H14N2O3. The summed E-state index contributed by atoms with van der Waals surface area (Å²) in [5.41, 5.74) is 0.904. The predicted molar refractivity (Wildman–Crippen MR) is 60.1 cm³/mol. The van der Waals surface area contributed by atoms with Crippen LogP contribution in [-0.2, 0) is 16.1 Å². The van der Waals surface area contributed by atoms with Crippen LogP contribution < -0.4 is 0 Å². The highest BCUT2D eigenvalue weighted by molar-refractivity contribution is 5.84. The van der Waals surface area contributed by atoms with Gasteiger partial charge in [-0.2, -0.15) is 0 Å². The molecule has 0 aromatic carbocycles. The molecule has 0 saturated carbocycles. The molecular weight excluding hydrogens is 220 g/mol. The molecule has 0 spiro atoms. The summed E-state index contributed by atoms with van der Waals surface area (Å²) in [7, 11) is 0. The Bertz CT molecular complexity index is 419. The molecule has 1 aromatic heterocycles. The SMILES string of the molecule is O=C(O)[C@@H]1CCCC(=O)N1Cc1ccncc1. The third-order valence-electron chi connectivity index (χ3n) is 2.95. The monoisotopic (exact) mass is 234 g/mol. The van der Waals surface area contributed by atoms with Crippen LogP contribution in [0.25, 0.3) is 0 Å². The standard InChI is InChI=1S/C12H14N2O3/c15-11-3-1-2-10(12(16)17)14(11)8-9-4-6-13-7-5-9/h4-7,10H,1-3,8H2,(H,16,17)/t10-/m0/s1. The topological polar surface area (TPSA) is 70.5 Å². The van der Waals surface area contributed by atoms with E-state index in [0.717, 1.165) is 5.56 Å². The lowest BCUT2D eigenvalue weighted by molar-refractivity contribution is -0.153. The number of carbonyl (C=O) groups is 2. The first kappa shape index (κ1) is 11.6. The smallest absolute Gasteiger partial charge is 0.326 e. The second-order valence-electron chi connectivity index (χ2n) is 4.12. The summed E-state index contributed by atoms with van der Waals surface area (Å²) in [6.07, 6.45) is 4.91. The number of carboxylic acids is 1. The second kappa shape index (κ2) is 4.95. The van der Waals surface area contributed by atoms with E-state index in [9.17, 15) is 9.59 Å². The Labute approximate surface area is 99.1 Å². The van der Waals surface area contributed by atoms with Gasteiger partial charge in [0.15, 0.2) is 0 Å².